The van der Waals surface area contributed by atoms with Crippen LogP contribution in [0.2, 0.25) is 0 Å². The first-order valence-corrected chi connectivity index (χ1v) is 11.6. The Hall–Kier alpha value is -2.62. The molecule has 12 heteroatoms. The molecule has 10 nitrogen and oxygen atoms in total. The van der Waals surface area contributed by atoms with Gasteiger partial charge < -0.3 is 19.7 Å². The second-order valence-electron chi connectivity index (χ2n) is 6.18. The topological polar surface area (TPSA) is 126 Å². The smallest absolute Gasteiger partial charge is 0.265 e. The van der Waals surface area contributed by atoms with Gasteiger partial charge in [-0.2, -0.15) is 14.9 Å². The van der Waals surface area contributed by atoms with E-state index in [-0.39, 0.29) is 11.5 Å². The molecule has 3 N–H and O–H groups in total. The molecule has 0 atom stereocenters. The van der Waals surface area contributed by atoms with Gasteiger partial charge in [0.1, 0.15) is 6.33 Å². The van der Waals surface area contributed by atoms with E-state index in [1.54, 1.807) is 36.7 Å². The van der Waals surface area contributed by atoms with Crippen LogP contribution >= 0.6 is 45.2 Å². The molecule has 0 radical (unpaired) electrons. The van der Waals surface area contributed by atoms with Gasteiger partial charge in [-0.05, 0) is 94.4 Å². The number of hydrogen-bond acceptors (Lipinski definition) is 9. The number of benzene rings is 2. The predicted molar refractivity (Wildman–Crippen MR) is 138 cm³/mol. The van der Waals surface area contributed by atoms with Crippen LogP contribution in [0.5, 0.6) is 23.0 Å². The van der Waals surface area contributed by atoms with E-state index in [0.717, 1.165) is 11.1 Å². The zero-order valence-corrected chi connectivity index (χ0v) is 21.5. The Morgan fingerprint density at radius 2 is 1.53 bits per heavy atom. The summed E-state index contributed by atoms with van der Waals surface area (Å²) in [4.78, 5) is 0. The van der Waals surface area contributed by atoms with Crippen LogP contribution in [-0.2, 0) is 0 Å². The average Bonchev–Trinajstić information content (AvgIpc) is 3.21. The van der Waals surface area contributed by atoms with Crippen LogP contribution in [0.1, 0.15) is 25.0 Å². The van der Waals surface area contributed by atoms with Crippen molar-refractivity contribution in [2.24, 2.45) is 10.2 Å². The van der Waals surface area contributed by atoms with Crippen LogP contribution in [-0.4, -0.2) is 50.7 Å². The summed E-state index contributed by atoms with van der Waals surface area (Å²) in [5, 5.41) is 36.4. The first-order chi connectivity index (χ1) is 15.4. The van der Waals surface area contributed by atoms with Crippen molar-refractivity contribution in [2.45, 2.75) is 13.8 Å². The highest BCUT2D eigenvalue weighted by molar-refractivity contribution is 14.1. The fourth-order valence-corrected chi connectivity index (χ4v) is 3.80. The van der Waals surface area contributed by atoms with Crippen LogP contribution in [0.3, 0.4) is 0 Å². The van der Waals surface area contributed by atoms with Crippen LogP contribution in [0.25, 0.3) is 0 Å². The van der Waals surface area contributed by atoms with E-state index in [2.05, 4.69) is 25.8 Å². The van der Waals surface area contributed by atoms with E-state index in [4.69, 9.17) is 9.47 Å². The van der Waals surface area contributed by atoms with Gasteiger partial charge in [-0.15, -0.1) is 10.2 Å². The molecule has 0 aliphatic heterocycles. The maximum Gasteiger partial charge on any atom is 0.265 e. The van der Waals surface area contributed by atoms with Crippen molar-refractivity contribution in [1.82, 2.24) is 14.9 Å². The van der Waals surface area contributed by atoms with E-state index in [1.165, 1.54) is 11.0 Å². The molecule has 32 heavy (non-hydrogen) atoms. The second kappa shape index (κ2) is 11.3. The lowest BCUT2D eigenvalue weighted by molar-refractivity contribution is 0.317. The lowest BCUT2D eigenvalue weighted by atomic mass is 10.2. The number of phenols is 2. The number of hydrogen-bond donors (Lipinski definition) is 3. The summed E-state index contributed by atoms with van der Waals surface area (Å²) < 4.78 is 13.6. The minimum absolute atomic E-state index is 0.0991. The molecule has 0 amide bonds. The molecule has 1 heterocycles. The van der Waals surface area contributed by atoms with Gasteiger partial charge in [0.25, 0.3) is 5.95 Å². The Morgan fingerprint density at radius 3 is 2.09 bits per heavy atom. The van der Waals surface area contributed by atoms with Crippen LogP contribution in [0.4, 0.5) is 5.95 Å². The quantitative estimate of drug-likeness (QED) is 0.180. The number of aromatic hydroxyl groups is 2. The zero-order valence-electron chi connectivity index (χ0n) is 17.2. The van der Waals surface area contributed by atoms with Crippen molar-refractivity contribution in [2.75, 3.05) is 18.6 Å². The molecular formula is C20H20I2N6O4. The number of hydrazone groups is 1. The molecule has 0 aliphatic rings. The molecule has 0 saturated heterocycles. The maximum absolute atomic E-state index is 10.1. The van der Waals surface area contributed by atoms with Crippen LogP contribution in [0.15, 0.2) is 40.8 Å². The van der Waals surface area contributed by atoms with Gasteiger partial charge in [0, 0.05) is 0 Å². The summed E-state index contributed by atoms with van der Waals surface area (Å²) in [5.41, 5.74) is 4.26. The van der Waals surface area contributed by atoms with Gasteiger partial charge in [-0.25, -0.2) is 5.43 Å². The number of nitrogens with zero attached hydrogens (tertiary/aromatic N) is 5. The summed E-state index contributed by atoms with van der Waals surface area (Å²) >= 11 is 4.06. The van der Waals surface area contributed by atoms with Gasteiger partial charge in [-0.1, -0.05) is 0 Å². The van der Waals surface area contributed by atoms with Crippen LogP contribution in [0, 0.1) is 7.14 Å². The lowest BCUT2D eigenvalue weighted by Gasteiger charge is -2.08. The van der Waals surface area contributed by atoms with Crippen molar-refractivity contribution >= 4 is 63.6 Å². The van der Waals surface area contributed by atoms with Crippen molar-refractivity contribution in [3.05, 3.63) is 48.9 Å². The van der Waals surface area contributed by atoms with Gasteiger partial charge >= 0.3 is 0 Å². The maximum atomic E-state index is 10.1. The highest BCUT2D eigenvalue weighted by Crippen LogP contribution is 2.33. The number of anilines is 1. The first-order valence-electron chi connectivity index (χ1n) is 9.47. The van der Waals surface area contributed by atoms with Gasteiger partial charge in [-0.3, -0.25) is 0 Å². The van der Waals surface area contributed by atoms with E-state index in [9.17, 15) is 10.2 Å². The van der Waals surface area contributed by atoms with E-state index >= 15 is 0 Å². The Bertz CT molecular complexity index is 1150. The van der Waals surface area contributed by atoms with Crippen molar-refractivity contribution in [3.8, 4) is 23.0 Å². The third-order valence-corrected chi connectivity index (χ3v) is 5.59. The van der Waals surface area contributed by atoms with Gasteiger partial charge in [0.2, 0.25) is 0 Å². The highest BCUT2D eigenvalue weighted by Gasteiger charge is 2.10. The fraction of sp³-hybridized carbons (Fsp3) is 0.200. The number of aromatic nitrogens is 3. The normalized spacial score (nSPS) is 11.4. The summed E-state index contributed by atoms with van der Waals surface area (Å²) in [6.07, 6.45) is 4.60. The van der Waals surface area contributed by atoms with Crippen molar-refractivity contribution in [3.63, 3.8) is 0 Å². The number of ether oxygens (including phenoxy) is 2. The predicted octanol–water partition coefficient (Wildman–Crippen LogP) is 4.02. The minimum atomic E-state index is 0.0991. The van der Waals surface area contributed by atoms with Crippen molar-refractivity contribution < 1.29 is 19.7 Å². The summed E-state index contributed by atoms with van der Waals surface area (Å²) in [5.74, 6) is 1.28. The summed E-state index contributed by atoms with van der Waals surface area (Å²) in [6, 6.07) is 6.94. The fourth-order valence-electron chi connectivity index (χ4n) is 2.55. The Morgan fingerprint density at radius 1 is 0.969 bits per heavy atom. The second-order valence-corrected chi connectivity index (χ2v) is 8.50. The minimum Gasteiger partial charge on any atom is -0.504 e. The van der Waals surface area contributed by atoms with E-state index in [0.29, 0.717) is 37.8 Å². The molecule has 0 aliphatic carbocycles. The lowest BCUT2D eigenvalue weighted by Crippen LogP contribution is -2.00. The largest absolute Gasteiger partial charge is 0.504 e. The Labute approximate surface area is 211 Å². The standard InChI is InChI=1S/C20H20I2N6O4/c1-3-31-16-7-12(5-14(21)18(16)29)9-23-26-20-27-24-11-28(20)25-10-13-6-15(22)19(30)17(8-13)32-4-2/h5-11,29-30H,3-4H2,1-2H3,(H,26,27)/b23-9?,25-10+. The molecule has 0 bridgehead atoms. The number of phenolic OH excluding ortho intramolecular Hbond substituents is 2. The summed E-state index contributed by atoms with van der Waals surface area (Å²) in [6.45, 7) is 4.57. The molecule has 0 fully saturated rings. The third-order valence-electron chi connectivity index (χ3n) is 3.94. The Kier molecular flexibility index (Phi) is 8.49. The first kappa shape index (κ1) is 24.0. The number of halogens is 2. The number of rotatable bonds is 9. The average molecular weight is 662 g/mol. The third kappa shape index (κ3) is 5.99. The molecule has 3 rings (SSSR count). The molecule has 2 aromatic carbocycles. The zero-order chi connectivity index (χ0) is 23.1. The van der Waals surface area contributed by atoms with Gasteiger partial charge in [0.05, 0.1) is 32.8 Å². The molecule has 0 spiro atoms. The molecule has 168 valence electrons. The summed E-state index contributed by atoms with van der Waals surface area (Å²) in [7, 11) is 0. The molecule has 0 saturated carbocycles. The van der Waals surface area contributed by atoms with E-state index < -0.39 is 0 Å². The van der Waals surface area contributed by atoms with E-state index in [1.807, 2.05) is 59.0 Å². The van der Waals surface area contributed by atoms with Crippen molar-refractivity contribution in [1.29, 1.82) is 0 Å². The monoisotopic (exact) mass is 662 g/mol. The Balaban J connectivity index is 1.74. The van der Waals surface area contributed by atoms with Crippen LogP contribution < -0.4 is 14.9 Å². The highest BCUT2D eigenvalue weighted by atomic mass is 127. The van der Waals surface area contributed by atoms with Gasteiger partial charge in [0.15, 0.2) is 23.0 Å². The molecule has 3 aromatic rings. The molecule has 0 unspecified atom stereocenters. The molecule has 1 aromatic heterocycles. The molecular weight excluding hydrogens is 642 g/mol. The SMILES string of the molecule is CCOc1cc(C=NNc2nncn2/N=C/c2cc(I)c(O)c(OCC)c2)cc(I)c1O. The number of nitrogens with one attached hydrogen (secondary N) is 1.